The summed E-state index contributed by atoms with van der Waals surface area (Å²) in [4.78, 5) is 59.0. The van der Waals surface area contributed by atoms with Crippen LogP contribution in [0.3, 0.4) is 0 Å². The highest BCUT2D eigenvalue weighted by atomic mass is 35.5. The average molecular weight is 519 g/mol. The number of fused-ring (bicyclic) bond motifs is 1. The van der Waals surface area contributed by atoms with Gasteiger partial charge in [-0.25, -0.2) is 19.6 Å². The first-order valence-corrected chi connectivity index (χ1v) is 10.3. The van der Waals surface area contributed by atoms with Gasteiger partial charge in [0.1, 0.15) is 12.4 Å². The van der Waals surface area contributed by atoms with Crippen molar-refractivity contribution < 1.29 is 24.4 Å². The molecule has 4 aromatic rings. The van der Waals surface area contributed by atoms with Crippen LogP contribution in [-0.4, -0.2) is 42.0 Å². The molecule has 0 bridgehead atoms. The molecule has 0 aliphatic carbocycles. The number of hydrogen-bond donors (Lipinski definition) is 4. The summed E-state index contributed by atoms with van der Waals surface area (Å²) in [5, 5.41) is 23.8. The van der Waals surface area contributed by atoms with E-state index in [2.05, 4.69) is 25.3 Å². The Morgan fingerprint density at radius 2 is 1.97 bits per heavy atom. The van der Waals surface area contributed by atoms with Gasteiger partial charge in [0.25, 0.3) is 11.2 Å². The summed E-state index contributed by atoms with van der Waals surface area (Å²) in [5.74, 6) is -1.52. The summed E-state index contributed by atoms with van der Waals surface area (Å²) in [5.41, 5.74) is -1.78. The van der Waals surface area contributed by atoms with E-state index in [1.165, 1.54) is 24.4 Å². The van der Waals surface area contributed by atoms with Crippen molar-refractivity contribution in [2.24, 2.45) is 0 Å². The second kappa shape index (κ2) is 9.40. The minimum atomic E-state index is -1.55. The van der Waals surface area contributed by atoms with Crippen LogP contribution in [0.25, 0.3) is 22.4 Å². The largest absolute Gasteiger partial charge is 0.476 e. The van der Waals surface area contributed by atoms with Gasteiger partial charge >= 0.3 is 12.1 Å². The summed E-state index contributed by atoms with van der Waals surface area (Å²) in [7, 11) is 0. The Balaban J connectivity index is 1.58. The van der Waals surface area contributed by atoms with E-state index in [0.717, 1.165) is 6.07 Å². The van der Waals surface area contributed by atoms with Gasteiger partial charge in [-0.1, -0.05) is 23.2 Å². The second-order valence-electron chi connectivity index (χ2n) is 6.93. The van der Waals surface area contributed by atoms with E-state index in [4.69, 9.17) is 33.0 Å². The zero-order chi connectivity index (χ0) is 25.3. The van der Waals surface area contributed by atoms with Crippen molar-refractivity contribution in [3.63, 3.8) is 0 Å². The van der Waals surface area contributed by atoms with Gasteiger partial charge in [0.2, 0.25) is 5.69 Å². The standard InChI is InChI=1S/C20H12Cl2N6O7/c21-8-1-2-11(22)12(3-8)27-20(32)35-7-9-6-23-17(24-9)10-4-13-14(5-15(10)28(33)34)26-18(29)16(25-13)19(30)31/h1-6H,7H2,(H,23,24)(H,26,29)(H,27,32)(H,30,31). The smallest absolute Gasteiger partial charge is 0.412 e. The summed E-state index contributed by atoms with van der Waals surface area (Å²) >= 11 is 11.9. The van der Waals surface area contributed by atoms with Gasteiger partial charge in [0.15, 0.2) is 0 Å². The van der Waals surface area contributed by atoms with Crippen LogP contribution in [0.2, 0.25) is 10.0 Å². The van der Waals surface area contributed by atoms with Crippen molar-refractivity contribution in [1.29, 1.82) is 0 Å². The molecule has 2 aromatic carbocycles. The number of carboxylic acid groups (broad SMARTS) is 1. The molecule has 0 atom stereocenters. The van der Waals surface area contributed by atoms with Gasteiger partial charge in [-0.05, 0) is 24.3 Å². The number of aromatic nitrogens is 4. The van der Waals surface area contributed by atoms with Gasteiger partial charge in [-0.15, -0.1) is 0 Å². The van der Waals surface area contributed by atoms with E-state index >= 15 is 0 Å². The summed E-state index contributed by atoms with van der Waals surface area (Å²) < 4.78 is 5.09. The maximum absolute atomic E-state index is 12.1. The molecular formula is C20H12Cl2N6O7. The number of carbonyl (C=O) groups excluding carboxylic acids is 1. The molecule has 4 rings (SSSR count). The fraction of sp³-hybridized carbons (Fsp3) is 0.0500. The Labute approximate surface area is 203 Å². The highest BCUT2D eigenvalue weighted by Crippen LogP contribution is 2.31. The molecule has 13 nitrogen and oxygen atoms in total. The number of anilines is 1. The minimum Gasteiger partial charge on any atom is -0.476 e. The maximum Gasteiger partial charge on any atom is 0.412 e. The molecule has 0 fully saturated rings. The molecule has 4 N–H and O–H groups in total. The molecule has 0 radical (unpaired) electrons. The first-order valence-electron chi connectivity index (χ1n) is 9.51. The van der Waals surface area contributed by atoms with Crippen LogP contribution in [-0.2, 0) is 11.3 Å². The van der Waals surface area contributed by atoms with Gasteiger partial charge in [0.05, 0.1) is 37.9 Å². The van der Waals surface area contributed by atoms with Crippen LogP contribution < -0.4 is 10.9 Å². The van der Waals surface area contributed by atoms with Crippen molar-refractivity contribution in [1.82, 2.24) is 19.9 Å². The molecule has 178 valence electrons. The molecule has 2 heterocycles. The molecule has 0 saturated heterocycles. The number of nitro groups is 1. The number of amides is 1. The number of nitrogens with zero attached hydrogens (tertiary/aromatic N) is 3. The number of benzene rings is 2. The van der Waals surface area contributed by atoms with Gasteiger partial charge in [-0.3, -0.25) is 20.2 Å². The molecule has 1 amide bonds. The van der Waals surface area contributed by atoms with Crippen molar-refractivity contribution in [3.8, 4) is 11.4 Å². The molecule has 15 heteroatoms. The number of ether oxygens (including phenoxy) is 1. The normalized spacial score (nSPS) is 10.8. The quantitative estimate of drug-likeness (QED) is 0.215. The van der Waals surface area contributed by atoms with Gasteiger partial charge < -0.3 is 19.8 Å². The third-order valence-electron chi connectivity index (χ3n) is 4.61. The minimum absolute atomic E-state index is 0.00502. The Kier molecular flexibility index (Phi) is 6.36. The predicted octanol–water partition coefficient (Wildman–Crippen LogP) is 3.98. The van der Waals surface area contributed by atoms with E-state index in [1.807, 2.05) is 0 Å². The fourth-order valence-electron chi connectivity index (χ4n) is 3.06. The maximum atomic E-state index is 12.1. The van der Waals surface area contributed by atoms with E-state index in [0.29, 0.717) is 5.02 Å². The lowest BCUT2D eigenvalue weighted by atomic mass is 10.1. The fourth-order valence-corrected chi connectivity index (χ4v) is 3.40. The Bertz CT molecular complexity index is 1570. The number of nitro benzene ring substituents is 1. The number of hydrogen-bond acceptors (Lipinski definition) is 8. The molecular weight excluding hydrogens is 507 g/mol. The number of carboxylic acids is 1. The monoisotopic (exact) mass is 518 g/mol. The van der Waals surface area contributed by atoms with Crippen molar-refractivity contribution in [2.45, 2.75) is 6.61 Å². The zero-order valence-corrected chi connectivity index (χ0v) is 18.7. The molecule has 0 unspecified atom stereocenters. The lowest BCUT2D eigenvalue weighted by molar-refractivity contribution is -0.384. The Morgan fingerprint density at radius 1 is 1.20 bits per heavy atom. The van der Waals surface area contributed by atoms with Crippen LogP contribution in [0.4, 0.5) is 16.2 Å². The highest BCUT2D eigenvalue weighted by molar-refractivity contribution is 6.35. The Morgan fingerprint density at radius 3 is 2.69 bits per heavy atom. The first kappa shape index (κ1) is 23.7. The lowest BCUT2D eigenvalue weighted by Crippen LogP contribution is -2.19. The number of rotatable bonds is 6. The topological polar surface area (TPSA) is 193 Å². The third kappa shape index (κ3) is 5.05. The summed E-state index contributed by atoms with van der Waals surface area (Å²) in [6, 6.07) is 6.75. The van der Waals surface area contributed by atoms with Crippen molar-refractivity contribution >= 4 is 57.7 Å². The Hall–Kier alpha value is -4.49. The summed E-state index contributed by atoms with van der Waals surface area (Å²) in [6.45, 7) is -0.295. The van der Waals surface area contributed by atoms with Crippen molar-refractivity contribution in [2.75, 3.05) is 5.32 Å². The average Bonchev–Trinajstić information content (AvgIpc) is 3.27. The van der Waals surface area contributed by atoms with E-state index in [9.17, 15) is 24.5 Å². The van der Waals surface area contributed by atoms with Crippen LogP contribution >= 0.6 is 23.2 Å². The molecule has 0 spiro atoms. The second-order valence-corrected chi connectivity index (χ2v) is 7.77. The molecule has 0 aliphatic heterocycles. The predicted molar refractivity (Wildman–Crippen MR) is 124 cm³/mol. The van der Waals surface area contributed by atoms with Crippen LogP contribution in [0.1, 0.15) is 16.2 Å². The van der Waals surface area contributed by atoms with Crippen molar-refractivity contribution in [3.05, 3.63) is 78.4 Å². The highest BCUT2D eigenvalue weighted by Gasteiger charge is 2.22. The molecule has 0 aliphatic rings. The summed E-state index contributed by atoms with van der Waals surface area (Å²) in [6.07, 6.45) is 0.524. The first-order chi connectivity index (χ1) is 16.6. The third-order valence-corrected chi connectivity index (χ3v) is 5.18. The van der Waals surface area contributed by atoms with Crippen LogP contribution in [0.15, 0.2) is 41.3 Å². The number of halogens is 2. The number of carbonyl (C=O) groups is 2. The van der Waals surface area contributed by atoms with E-state index in [1.54, 1.807) is 6.07 Å². The van der Waals surface area contributed by atoms with Gasteiger partial charge in [-0.2, -0.15) is 0 Å². The lowest BCUT2D eigenvalue weighted by Gasteiger charge is -2.07. The van der Waals surface area contributed by atoms with E-state index < -0.39 is 33.9 Å². The number of nitrogens with one attached hydrogen (secondary N) is 3. The van der Waals surface area contributed by atoms with Gasteiger partial charge in [0, 0.05) is 17.3 Å². The zero-order valence-electron chi connectivity index (χ0n) is 17.2. The van der Waals surface area contributed by atoms with Crippen LogP contribution in [0, 0.1) is 10.1 Å². The number of H-pyrrole nitrogens is 2. The van der Waals surface area contributed by atoms with E-state index in [-0.39, 0.29) is 45.4 Å². The molecule has 0 saturated carbocycles. The number of aromatic amines is 2. The molecule has 35 heavy (non-hydrogen) atoms. The SMILES string of the molecule is O=C(Nc1cc(Cl)ccc1Cl)OCc1c[nH]c(-c2cc3nc(C(=O)O)c(=O)[nH]c3cc2[N+](=O)[O-])n1. The van der Waals surface area contributed by atoms with Crippen LogP contribution in [0.5, 0.6) is 0 Å². The number of imidazole rings is 1. The molecule has 2 aromatic heterocycles. The number of aromatic carboxylic acids is 1.